The number of aromatic nitrogens is 3. The topological polar surface area (TPSA) is 59.8 Å². The first-order valence-electron chi connectivity index (χ1n) is 7.17. The third-order valence-electron chi connectivity index (χ3n) is 3.74. The van der Waals surface area contributed by atoms with Crippen LogP contribution in [-0.4, -0.2) is 20.4 Å². The highest BCUT2D eigenvalue weighted by Gasteiger charge is 2.20. The van der Waals surface area contributed by atoms with Gasteiger partial charge in [0.2, 0.25) is 5.91 Å². The number of carbonyl (C=O) groups is 1. The Bertz CT molecular complexity index is 674. The average molecular weight is 282 g/mol. The molecule has 1 atom stereocenters. The zero-order valence-electron chi connectivity index (χ0n) is 12.0. The molecule has 108 valence electrons. The maximum atomic E-state index is 12.4. The third-order valence-corrected chi connectivity index (χ3v) is 3.74. The summed E-state index contributed by atoms with van der Waals surface area (Å²) in [5.74, 6) is 1.65. The molecule has 5 nitrogen and oxygen atoms in total. The van der Waals surface area contributed by atoms with E-state index in [-0.39, 0.29) is 11.8 Å². The number of nitrogens with zero attached hydrogens (tertiary/aromatic N) is 3. The van der Waals surface area contributed by atoms with Crippen molar-refractivity contribution in [1.82, 2.24) is 14.5 Å². The number of nitrogens with one attached hydrogen (secondary N) is 1. The summed E-state index contributed by atoms with van der Waals surface area (Å²) in [7, 11) is 0. The van der Waals surface area contributed by atoms with Gasteiger partial charge in [-0.05, 0) is 38.3 Å². The predicted molar refractivity (Wildman–Crippen MR) is 81.2 cm³/mol. The summed E-state index contributed by atoms with van der Waals surface area (Å²) in [6, 6.07) is 3.70. The van der Waals surface area contributed by atoms with Crippen molar-refractivity contribution in [3.63, 3.8) is 0 Å². The number of allylic oxidation sites excluding steroid dienone is 2. The highest BCUT2D eigenvalue weighted by Crippen LogP contribution is 2.23. The van der Waals surface area contributed by atoms with Crippen LogP contribution in [0.5, 0.6) is 0 Å². The van der Waals surface area contributed by atoms with E-state index in [1.54, 1.807) is 12.4 Å². The molecule has 0 saturated carbocycles. The second-order valence-electron chi connectivity index (χ2n) is 5.19. The number of anilines is 1. The standard InChI is InChI=1S/C16H18N4O/c1-12-17-10-11-20(12)15-14(8-5-9-18-15)19-16(21)13-6-3-2-4-7-13/h2-3,5,8-11,13H,4,6-7H2,1H3,(H,19,21). The molecule has 5 heteroatoms. The Morgan fingerprint density at radius 1 is 1.33 bits per heavy atom. The smallest absolute Gasteiger partial charge is 0.227 e. The number of imidazole rings is 1. The van der Waals surface area contributed by atoms with Gasteiger partial charge in [0, 0.05) is 24.5 Å². The Morgan fingerprint density at radius 3 is 2.95 bits per heavy atom. The van der Waals surface area contributed by atoms with E-state index in [1.807, 2.05) is 29.8 Å². The molecule has 0 radical (unpaired) electrons. The minimum atomic E-state index is 0.0481. The summed E-state index contributed by atoms with van der Waals surface area (Å²) < 4.78 is 1.87. The van der Waals surface area contributed by atoms with E-state index in [4.69, 9.17) is 0 Å². The van der Waals surface area contributed by atoms with Gasteiger partial charge in [-0.3, -0.25) is 9.36 Å². The van der Waals surface area contributed by atoms with Gasteiger partial charge in [-0.15, -0.1) is 0 Å². The summed E-state index contributed by atoms with van der Waals surface area (Å²) in [5, 5.41) is 3.01. The van der Waals surface area contributed by atoms with Crippen molar-refractivity contribution >= 4 is 11.6 Å². The van der Waals surface area contributed by atoms with E-state index in [9.17, 15) is 4.79 Å². The van der Waals surface area contributed by atoms with E-state index in [0.717, 1.165) is 30.8 Å². The number of rotatable bonds is 3. The van der Waals surface area contributed by atoms with Gasteiger partial charge in [0.05, 0.1) is 5.69 Å². The summed E-state index contributed by atoms with van der Waals surface area (Å²) in [4.78, 5) is 21.0. The minimum Gasteiger partial charge on any atom is -0.323 e. The van der Waals surface area contributed by atoms with Crippen molar-refractivity contribution in [2.45, 2.75) is 26.2 Å². The molecule has 2 heterocycles. The highest BCUT2D eigenvalue weighted by molar-refractivity contribution is 5.94. The number of carbonyl (C=O) groups excluding carboxylic acids is 1. The summed E-state index contributed by atoms with van der Waals surface area (Å²) in [6.07, 6.45) is 12.2. The molecule has 0 spiro atoms. The Labute approximate surface area is 123 Å². The van der Waals surface area contributed by atoms with Crippen LogP contribution in [0.1, 0.15) is 25.1 Å². The largest absolute Gasteiger partial charge is 0.323 e. The maximum Gasteiger partial charge on any atom is 0.227 e. The zero-order chi connectivity index (χ0) is 14.7. The van der Waals surface area contributed by atoms with Crippen LogP contribution in [0.25, 0.3) is 5.82 Å². The Hall–Kier alpha value is -2.43. The van der Waals surface area contributed by atoms with E-state index < -0.39 is 0 Å². The van der Waals surface area contributed by atoms with Crippen LogP contribution in [0.2, 0.25) is 0 Å². The van der Waals surface area contributed by atoms with Crippen LogP contribution < -0.4 is 5.32 Å². The quantitative estimate of drug-likeness (QED) is 0.881. The first kappa shape index (κ1) is 13.5. The fourth-order valence-corrected chi connectivity index (χ4v) is 2.55. The van der Waals surface area contributed by atoms with Gasteiger partial charge in [0.15, 0.2) is 5.82 Å². The van der Waals surface area contributed by atoms with Gasteiger partial charge in [0.1, 0.15) is 5.82 Å². The third kappa shape index (κ3) is 2.86. The molecule has 0 aliphatic heterocycles. The molecule has 0 saturated heterocycles. The van der Waals surface area contributed by atoms with Gasteiger partial charge in [-0.1, -0.05) is 12.2 Å². The molecule has 1 unspecified atom stereocenters. The number of amides is 1. The van der Waals surface area contributed by atoms with E-state index in [1.165, 1.54) is 0 Å². The lowest BCUT2D eigenvalue weighted by molar-refractivity contribution is -0.120. The minimum absolute atomic E-state index is 0.0481. The molecular formula is C16H18N4O. The van der Waals surface area contributed by atoms with Crippen molar-refractivity contribution in [2.24, 2.45) is 5.92 Å². The summed E-state index contributed by atoms with van der Waals surface area (Å²) in [6.45, 7) is 1.91. The Morgan fingerprint density at radius 2 is 2.24 bits per heavy atom. The second kappa shape index (κ2) is 5.91. The van der Waals surface area contributed by atoms with Crippen molar-refractivity contribution in [2.75, 3.05) is 5.32 Å². The number of hydrogen-bond donors (Lipinski definition) is 1. The number of pyridine rings is 1. The first-order chi connectivity index (χ1) is 10.3. The van der Waals surface area contributed by atoms with Crippen LogP contribution in [0, 0.1) is 12.8 Å². The Balaban J connectivity index is 1.84. The molecule has 1 amide bonds. The van der Waals surface area contributed by atoms with E-state index in [0.29, 0.717) is 5.82 Å². The molecule has 2 aromatic heterocycles. The molecular weight excluding hydrogens is 264 g/mol. The zero-order valence-corrected chi connectivity index (χ0v) is 12.0. The fraction of sp³-hybridized carbons (Fsp3) is 0.312. The summed E-state index contributed by atoms with van der Waals surface area (Å²) in [5.41, 5.74) is 0.721. The monoisotopic (exact) mass is 282 g/mol. The van der Waals surface area contributed by atoms with E-state index >= 15 is 0 Å². The molecule has 1 N–H and O–H groups in total. The SMILES string of the molecule is Cc1nccn1-c1ncccc1NC(=O)C1CC=CCC1. The van der Waals surface area contributed by atoms with Crippen LogP contribution in [0.15, 0.2) is 42.9 Å². The maximum absolute atomic E-state index is 12.4. The van der Waals surface area contributed by atoms with Gasteiger partial charge in [-0.25, -0.2) is 9.97 Å². The van der Waals surface area contributed by atoms with Gasteiger partial charge >= 0.3 is 0 Å². The fourth-order valence-electron chi connectivity index (χ4n) is 2.55. The first-order valence-corrected chi connectivity index (χ1v) is 7.17. The van der Waals surface area contributed by atoms with Crippen LogP contribution >= 0.6 is 0 Å². The van der Waals surface area contributed by atoms with Crippen molar-refractivity contribution in [3.05, 3.63) is 48.7 Å². The lowest BCUT2D eigenvalue weighted by Crippen LogP contribution is -2.24. The second-order valence-corrected chi connectivity index (χ2v) is 5.19. The molecule has 2 aromatic rings. The van der Waals surface area contributed by atoms with Crippen LogP contribution in [0.4, 0.5) is 5.69 Å². The lowest BCUT2D eigenvalue weighted by atomic mass is 9.93. The van der Waals surface area contributed by atoms with Crippen LogP contribution in [-0.2, 0) is 4.79 Å². The number of hydrogen-bond acceptors (Lipinski definition) is 3. The van der Waals surface area contributed by atoms with Crippen molar-refractivity contribution in [3.8, 4) is 5.82 Å². The number of aryl methyl sites for hydroxylation is 1. The predicted octanol–water partition coefficient (Wildman–Crippen LogP) is 2.87. The van der Waals surface area contributed by atoms with Gasteiger partial charge in [-0.2, -0.15) is 0 Å². The summed E-state index contributed by atoms with van der Waals surface area (Å²) >= 11 is 0. The van der Waals surface area contributed by atoms with Crippen molar-refractivity contribution in [1.29, 1.82) is 0 Å². The van der Waals surface area contributed by atoms with Gasteiger partial charge < -0.3 is 5.32 Å². The van der Waals surface area contributed by atoms with Crippen LogP contribution in [0.3, 0.4) is 0 Å². The Kier molecular flexibility index (Phi) is 3.81. The van der Waals surface area contributed by atoms with Crippen molar-refractivity contribution < 1.29 is 4.79 Å². The molecule has 1 aliphatic rings. The molecule has 21 heavy (non-hydrogen) atoms. The molecule has 0 bridgehead atoms. The molecule has 3 rings (SSSR count). The molecule has 0 aromatic carbocycles. The van der Waals surface area contributed by atoms with Gasteiger partial charge in [0.25, 0.3) is 0 Å². The highest BCUT2D eigenvalue weighted by atomic mass is 16.1. The lowest BCUT2D eigenvalue weighted by Gasteiger charge is -2.18. The average Bonchev–Trinajstić information content (AvgIpc) is 2.95. The normalized spacial score (nSPS) is 17.7. The van der Waals surface area contributed by atoms with E-state index in [2.05, 4.69) is 27.4 Å². The molecule has 0 fully saturated rings. The molecule has 1 aliphatic carbocycles.